The van der Waals surface area contributed by atoms with Crippen molar-refractivity contribution in [1.82, 2.24) is 0 Å². The molecule has 2 aliphatic heterocycles. The molecule has 6 nitrogen and oxygen atoms in total. The van der Waals surface area contributed by atoms with E-state index in [0.29, 0.717) is 6.61 Å². The average molecular weight is 422 g/mol. The summed E-state index contributed by atoms with van der Waals surface area (Å²) >= 11 is 0. The second kappa shape index (κ2) is 12.8. The minimum atomic E-state index is -1.08. The number of aliphatic hydroxyl groups excluding tert-OH is 2. The summed E-state index contributed by atoms with van der Waals surface area (Å²) in [5.74, 6) is 0. The van der Waals surface area contributed by atoms with Gasteiger partial charge < -0.3 is 29.2 Å². The van der Waals surface area contributed by atoms with E-state index in [1.165, 1.54) is 0 Å². The lowest BCUT2D eigenvalue weighted by atomic mass is 9.99. The van der Waals surface area contributed by atoms with E-state index in [1.54, 1.807) is 0 Å². The molecule has 30 heavy (non-hydrogen) atoms. The molecule has 2 aromatic carbocycles. The van der Waals surface area contributed by atoms with Gasteiger partial charge in [0.1, 0.15) is 24.4 Å². The molecule has 6 atom stereocenters. The monoisotopic (exact) mass is 421 g/mol. The van der Waals surface area contributed by atoms with Crippen LogP contribution >= 0.6 is 0 Å². The van der Waals surface area contributed by atoms with Crippen molar-refractivity contribution in [2.75, 3.05) is 13.2 Å². The van der Waals surface area contributed by atoms with Crippen LogP contribution in [0.3, 0.4) is 0 Å². The molecule has 0 saturated carbocycles. The zero-order valence-electron chi connectivity index (χ0n) is 18.2. The van der Waals surface area contributed by atoms with Crippen molar-refractivity contribution in [2.24, 2.45) is 0 Å². The molecule has 168 valence electrons. The quantitative estimate of drug-likeness (QED) is 0.769. The van der Waals surface area contributed by atoms with Gasteiger partial charge in [0, 0.05) is 12.6 Å². The second-order valence-corrected chi connectivity index (χ2v) is 6.44. The molecule has 0 radical (unpaired) electrons. The molecule has 0 amide bonds. The molecule has 2 aliphatic rings. The summed E-state index contributed by atoms with van der Waals surface area (Å²) in [5.41, 5.74) is 1.72. The van der Waals surface area contributed by atoms with E-state index in [1.807, 2.05) is 88.4 Å². The van der Waals surface area contributed by atoms with E-state index in [4.69, 9.17) is 18.9 Å². The van der Waals surface area contributed by atoms with Crippen LogP contribution in [0, 0.1) is 0 Å². The van der Waals surface area contributed by atoms with Crippen LogP contribution in [0.4, 0.5) is 0 Å². The zero-order valence-corrected chi connectivity index (χ0v) is 18.2. The van der Waals surface area contributed by atoms with E-state index >= 15 is 0 Å². The Morgan fingerprint density at radius 2 is 1.37 bits per heavy atom. The van der Waals surface area contributed by atoms with Gasteiger partial charge in [0.2, 0.25) is 0 Å². The molecule has 2 N–H and O–H groups in total. The van der Waals surface area contributed by atoms with Gasteiger partial charge in [0.05, 0.1) is 13.2 Å². The fourth-order valence-corrected chi connectivity index (χ4v) is 3.33. The predicted molar refractivity (Wildman–Crippen MR) is 117 cm³/mol. The Balaban J connectivity index is 0.000000910. The van der Waals surface area contributed by atoms with Gasteiger partial charge in [-0.15, -0.1) is 0 Å². The molecule has 0 spiro atoms. The first kappa shape index (κ1) is 24.5. The normalized spacial score (nSPS) is 28.7. The maximum Gasteiger partial charge on any atom is 0.184 e. The third-order valence-electron chi connectivity index (χ3n) is 4.67. The maximum atomic E-state index is 10.3. The number of hydrogen-bond donors (Lipinski definition) is 2. The second-order valence-electron chi connectivity index (χ2n) is 6.44. The molecule has 6 heteroatoms. The number of rotatable bonds is 4. The van der Waals surface area contributed by atoms with Gasteiger partial charge in [0.25, 0.3) is 0 Å². The first-order valence-corrected chi connectivity index (χ1v) is 10.7. The van der Waals surface area contributed by atoms with E-state index < -0.39 is 43.6 Å². The van der Waals surface area contributed by atoms with Gasteiger partial charge in [-0.1, -0.05) is 88.4 Å². The summed E-state index contributed by atoms with van der Waals surface area (Å²) in [6, 6.07) is 19.1. The van der Waals surface area contributed by atoms with Crippen LogP contribution in [0.2, 0.25) is 0 Å². The number of aliphatic hydroxyl groups is 2. The van der Waals surface area contributed by atoms with Crippen LogP contribution in [-0.4, -0.2) is 47.8 Å². The molecule has 6 unspecified atom stereocenters. The first-order valence-electron chi connectivity index (χ1n) is 10.7. The fourth-order valence-electron chi connectivity index (χ4n) is 3.33. The Bertz CT molecular complexity index is 700. The van der Waals surface area contributed by atoms with Crippen LogP contribution < -0.4 is 0 Å². The van der Waals surface area contributed by atoms with Crippen LogP contribution in [0.25, 0.3) is 0 Å². The van der Waals surface area contributed by atoms with Gasteiger partial charge in [-0.05, 0) is 0 Å². The van der Waals surface area contributed by atoms with Gasteiger partial charge in [0.15, 0.2) is 12.6 Å². The Labute approximate surface area is 180 Å². The minimum absolute atomic E-state index is 0. The van der Waals surface area contributed by atoms with Crippen molar-refractivity contribution in [3.63, 3.8) is 0 Å². The lowest BCUT2D eigenvalue weighted by Crippen LogP contribution is -2.58. The number of fused-ring (bicyclic) bond motifs is 1. The summed E-state index contributed by atoms with van der Waals surface area (Å²) in [6.45, 7) is 7.89. The highest BCUT2D eigenvalue weighted by Crippen LogP contribution is 2.38. The van der Waals surface area contributed by atoms with E-state index in [0.717, 1.165) is 11.1 Å². The minimum Gasteiger partial charge on any atom is -0.394 e. The fraction of sp³-hybridized carbons (Fsp3) is 0.500. The predicted octanol–water partition coefficient (Wildman–Crippen LogP) is 4.24. The Morgan fingerprint density at radius 3 is 1.90 bits per heavy atom. The van der Waals surface area contributed by atoms with Crippen molar-refractivity contribution in [2.45, 2.75) is 64.7 Å². The lowest BCUT2D eigenvalue weighted by Gasteiger charge is -2.47. The molecular formula is C24H36O6. The Hall–Kier alpha value is -1.80. The number of hydrogen-bond acceptors (Lipinski definition) is 6. The van der Waals surface area contributed by atoms with Gasteiger partial charge in [-0.2, -0.15) is 0 Å². The number of benzene rings is 2. The zero-order chi connectivity index (χ0) is 21.9. The molecule has 4 rings (SSSR count). The standard InChI is InChI=1S/C20H22O6.2C2H6.H2/c21-11-15(22)17-18-16(24-20(25-17)14-9-5-2-6-10-14)12-23-19(26-18)13-7-3-1-4-8-13;2*1-2;/h1-10,15-22H,11-12H2;2*1-2H3;1H/i;;;1+1. The van der Waals surface area contributed by atoms with Crippen LogP contribution in [0.1, 0.15) is 52.8 Å². The first-order chi connectivity index (χ1) is 14.8. The number of ether oxygens (including phenoxy) is 4. The summed E-state index contributed by atoms with van der Waals surface area (Å²) in [5, 5.41) is 19.8. The summed E-state index contributed by atoms with van der Waals surface area (Å²) in [6.07, 6.45) is -3.96. The van der Waals surface area contributed by atoms with E-state index in [9.17, 15) is 10.2 Å². The molecular weight excluding hydrogens is 384 g/mol. The molecule has 2 aromatic rings. The Morgan fingerprint density at radius 1 is 0.833 bits per heavy atom. The molecule has 0 aromatic heterocycles. The highest BCUT2D eigenvalue weighted by Gasteiger charge is 2.48. The van der Waals surface area contributed by atoms with Crippen molar-refractivity contribution in [3.05, 3.63) is 71.8 Å². The van der Waals surface area contributed by atoms with Gasteiger partial charge >= 0.3 is 0 Å². The molecule has 0 bridgehead atoms. The molecule has 0 aliphatic carbocycles. The third kappa shape index (κ3) is 5.88. The lowest BCUT2D eigenvalue weighted by molar-refractivity contribution is -0.373. The largest absolute Gasteiger partial charge is 0.394 e. The summed E-state index contributed by atoms with van der Waals surface area (Å²) in [7, 11) is 0. The Kier molecular flexibility index (Phi) is 10.4. The third-order valence-corrected chi connectivity index (χ3v) is 4.67. The molecule has 2 fully saturated rings. The van der Waals surface area contributed by atoms with Crippen molar-refractivity contribution < 1.29 is 30.6 Å². The average Bonchev–Trinajstić information content (AvgIpc) is 2.86. The van der Waals surface area contributed by atoms with Crippen LogP contribution in [-0.2, 0) is 18.9 Å². The highest BCUT2D eigenvalue weighted by molar-refractivity contribution is 5.18. The van der Waals surface area contributed by atoms with Gasteiger partial charge in [-0.3, -0.25) is 0 Å². The van der Waals surface area contributed by atoms with E-state index in [-0.39, 0.29) is 1.43 Å². The molecule has 2 heterocycles. The van der Waals surface area contributed by atoms with Crippen molar-refractivity contribution >= 4 is 0 Å². The summed E-state index contributed by atoms with van der Waals surface area (Å²) in [4.78, 5) is 0. The maximum absolute atomic E-state index is 10.3. The van der Waals surface area contributed by atoms with Crippen molar-refractivity contribution in [3.8, 4) is 0 Å². The van der Waals surface area contributed by atoms with E-state index in [2.05, 4.69) is 0 Å². The van der Waals surface area contributed by atoms with Crippen molar-refractivity contribution in [1.29, 1.82) is 0 Å². The smallest absolute Gasteiger partial charge is 0.184 e. The van der Waals surface area contributed by atoms with Gasteiger partial charge in [-0.25, -0.2) is 0 Å². The SMILES string of the molecule is CC.CC.OCC(O)C1OC(c2ccccc2)OC2COC(c3ccccc3)OC21.[2HH]. The topological polar surface area (TPSA) is 77.4 Å². The van der Waals surface area contributed by atoms with Crippen LogP contribution in [0.5, 0.6) is 0 Å². The van der Waals surface area contributed by atoms with Crippen LogP contribution in [0.15, 0.2) is 60.7 Å². The summed E-state index contributed by atoms with van der Waals surface area (Å²) < 4.78 is 23.9. The highest BCUT2D eigenvalue weighted by atomic mass is 16.8. The molecule has 2 saturated heterocycles.